The van der Waals surface area contributed by atoms with E-state index in [9.17, 15) is 13.2 Å². The lowest BCUT2D eigenvalue weighted by Crippen LogP contribution is -2.44. The van der Waals surface area contributed by atoms with Crippen LogP contribution in [0.3, 0.4) is 0 Å². The number of halogens is 1. The molecule has 0 atom stereocenters. The Kier molecular flexibility index (Phi) is 6.57. The number of rotatable bonds is 5. The summed E-state index contributed by atoms with van der Waals surface area (Å²) in [6, 6.07) is 12.8. The quantitative estimate of drug-likeness (QED) is 0.304. The molecule has 0 amide bonds. The van der Waals surface area contributed by atoms with Gasteiger partial charge in [0.1, 0.15) is 5.56 Å². The molecule has 0 radical (unpaired) electrons. The topological polar surface area (TPSA) is 80.0 Å². The van der Waals surface area contributed by atoms with E-state index in [1.54, 1.807) is 41.3 Å². The molecule has 0 aliphatic heterocycles. The molecule has 0 saturated heterocycles. The van der Waals surface area contributed by atoms with Crippen LogP contribution in [0.4, 0.5) is 0 Å². The largest absolute Gasteiger partial charge is 0.421 e. The van der Waals surface area contributed by atoms with Crippen LogP contribution >= 0.6 is 11.6 Å². The van der Waals surface area contributed by atoms with Crippen LogP contribution in [0.2, 0.25) is 5.02 Å². The summed E-state index contributed by atoms with van der Waals surface area (Å²) < 4.78 is 35.9. The van der Waals surface area contributed by atoms with Crippen molar-refractivity contribution in [3.63, 3.8) is 0 Å². The Morgan fingerprint density at radius 3 is 2.23 bits per heavy atom. The van der Waals surface area contributed by atoms with Crippen LogP contribution in [0.5, 0.6) is 0 Å². The first-order valence-electron chi connectivity index (χ1n) is 9.94. The number of benzene rings is 2. The van der Waals surface area contributed by atoms with Crippen LogP contribution < -0.4 is 5.63 Å². The van der Waals surface area contributed by atoms with Gasteiger partial charge in [-0.15, -0.1) is 4.40 Å². The molecular formula is C23H25ClN2O4S. The first-order valence-corrected chi connectivity index (χ1v) is 11.8. The van der Waals surface area contributed by atoms with Crippen molar-refractivity contribution in [2.24, 2.45) is 4.40 Å². The highest BCUT2D eigenvalue weighted by Crippen LogP contribution is 2.24. The summed E-state index contributed by atoms with van der Waals surface area (Å²) in [6.07, 6.45) is 0. The van der Waals surface area contributed by atoms with E-state index in [4.69, 9.17) is 16.0 Å². The maximum atomic E-state index is 13.1. The van der Waals surface area contributed by atoms with Gasteiger partial charge in [0.15, 0.2) is 11.4 Å². The molecule has 164 valence electrons. The lowest BCUT2D eigenvalue weighted by Gasteiger charge is -2.33. The Hall–Kier alpha value is -2.64. The summed E-state index contributed by atoms with van der Waals surface area (Å²) >= 11 is 6.15. The zero-order chi connectivity index (χ0) is 22.9. The molecule has 0 saturated carbocycles. The minimum absolute atomic E-state index is 0.0428. The van der Waals surface area contributed by atoms with Crippen LogP contribution in [-0.2, 0) is 10.0 Å². The Labute approximate surface area is 187 Å². The molecule has 6 nitrogen and oxygen atoms in total. The van der Waals surface area contributed by atoms with Gasteiger partial charge in [0.2, 0.25) is 0 Å². The number of amidine groups is 1. The van der Waals surface area contributed by atoms with Crippen LogP contribution in [0, 0.1) is 6.92 Å². The van der Waals surface area contributed by atoms with Crippen molar-refractivity contribution in [3.8, 4) is 0 Å². The first-order chi connectivity index (χ1) is 14.5. The summed E-state index contributed by atoms with van der Waals surface area (Å²) in [6.45, 7) is 9.51. The zero-order valence-electron chi connectivity index (χ0n) is 18.1. The van der Waals surface area contributed by atoms with Gasteiger partial charge in [-0.3, -0.25) is 0 Å². The van der Waals surface area contributed by atoms with E-state index < -0.39 is 15.6 Å². The minimum Gasteiger partial charge on any atom is -0.421 e. The molecule has 0 bridgehead atoms. The normalized spacial score (nSPS) is 12.7. The van der Waals surface area contributed by atoms with Gasteiger partial charge in [0.05, 0.1) is 9.92 Å². The highest BCUT2D eigenvalue weighted by atomic mass is 35.5. The number of aryl methyl sites for hydroxylation is 1. The predicted octanol–water partition coefficient (Wildman–Crippen LogP) is 5.01. The van der Waals surface area contributed by atoms with E-state index in [-0.39, 0.29) is 34.0 Å². The van der Waals surface area contributed by atoms with Crippen molar-refractivity contribution in [2.45, 2.75) is 51.6 Å². The molecule has 0 fully saturated rings. The third-order valence-corrected chi connectivity index (χ3v) is 6.41. The lowest BCUT2D eigenvalue weighted by atomic mass is 10.1. The Morgan fingerprint density at radius 2 is 1.65 bits per heavy atom. The number of nitrogens with zero attached hydrogens (tertiary/aromatic N) is 2. The maximum Gasteiger partial charge on any atom is 0.347 e. The number of para-hydroxylation sites is 1. The van der Waals surface area contributed by atoms with E-state index in [2.05, 4.69) is 4.40 Å². The molecule has 1 aromatic heterocycles. The monoisotopic (exact) mass is 460 g/mol. The summed E-state index contributed by atoms with van der Waals surface area (Å²) in [7, 11) is -4.07. The van der Waals surface area contributed by atoms with E-state index in [0.717, 1.165) is 5.56 Å². The fourth-order valence-corrected chi connectivity index (χ4v) is 4.69. The number of hydrogen-bond donors (Lipinski definition) is 0. The number of hydrogen-bond acceptors (Lipinski definition) is 4. The predicted molar refractivity (Wildman–Crippen MR) is 125 cm³/mol. The molecule has 1 heterocycles. The average Bonchev–Trinajstić information content (AvgIpc) is 2.67. The van der Waals surface area contributed by atoms with Gasteiger partial charge in [-0.05, 0) is 58.9 Å². The Balaban J connectivity index is 2.31. The summed E-state index contributed by atoms with van der Waals surface area (Å²) in [5, 5.41) is 0.881. The van der Waals surface area contributed by atoms with Crippen molar-refractivity contribution in [1.29, 1.82) is 0 Å². The molecule has 0 spiro atoms. The summed E-state index contributed by atoms with van der Waals surface area (Å²) in [4.78, 5) is 14.8. The fourth-order valence-electron chi connectivity index (χ4n) is 3.46. The molecule has 31 heavy (non-hydrogen) atoms. The van der Waals surface area contributed by atoms with E-state index in [0.29, 0.717) is 10.4 Å². The van der Waals surface area contributed by atoms with Gasteiger partial charge < -0.3 is 9.32 Å². The van der Waals surface area contributed by atoms with Crippen LogP contribution in [0.1, 0.15) is 38.8 Å². The second kappa shape index (κ2) is 8.85. The van der Waals surface area contributed by atoms with Crippen LogP contribution in [-0.4, -0.2) is 31.2 Å². The molecule has 0 unspecified atom stereocenters. The Bertz CT molecular complexity index is 1290. The third kappa shape index (κ3) is 4.83. The standard InChI is InChI=1S/C23H25ClN2O4S/c1-14(2)26(15(3)4)22(25-31(28,29)18-11-9-16(5)10-12-18)19-13-17-7-6-8-20(24)21(17)30-23(19)27/h6-15H,1-5H3/b25-22+. The highest BCUT2D eigenvalue weighted by Gasteiger charge is 2.27. The second-order valence-electron chi connectivity index (χ2n) is 7.90. The summed E-state index contributed by atoms with van der Waals surface area (Å²) in [5.74, 6) is 0.0428. The Morgan fingerprint density at radius 1 is 1.03 bits per heavy atom. The molecule has 0 N–H and O–H groups in total. The molecule has 3 aromatic rings. The first kappa shape index (κ1) is 23.0. The molecular weight excluding hydrogens is 436 g/mol. The average molecular weight is 461 g/mol. The van der Waals surface area contributed by atoms with Gasteiger partial charge in [0.25, 0.3) is 10.0 Å². The zero-order valence-corrected chi connectivity index (χ0v) is 19.7. The van der Waals surface area contributed by atoms with Gasteiger partial charge in [-0.25, -0.2) is 4.79 Å². The SMILES string of the molecule is Cc1ccc(S(=O)(=O)/N=C(\c2cc3cccc(Cl)c3oc2=O)N(C(C)C)C(C)C)cc1. The fraction of sp³-hybridized carbons (Fsp3) is 0.304. The second-order valence-corrected chi connectivity index (χ2v) is 9.91. The number of sulfonamides is 1. The molecule has 8 heteroatoms. The van der Waals surface area contributed by atoms with Gasteiger partial charge >= 0.3 is 5.63 Å². The summed E-state index contributed by atoms with van der Waals surface area (Å²) in [5.41, 5.74) is 0.540. The van der Waals surface area contributed by atoms with Crippen molar-refractivity contribution < 1.29 is 12.8 Å². The van der Waals surface area contributed by atoms with E-state index >= 15 is 0 Å². The van der Waals surface area contributed by atoms with Gasteiger partial charge in [-0.2, -0.15) is 8.42 Å². The number of fused-ring (bicyclic) bond motifs is 1. The highest BCUT2D eigenvalue weighted by molar-refractivity contribution is 7.90. The third-order valence-electron chi connectivity index (χ3n) is 4.84. The molecule has 0 aliphatic rings. The molecule has 2 aromatic carbocycles. The van der Waals surface area contributed by atoms with E-state index in [1.165, 1.54) is 12.1 Å². The van der Waals surface area contributed by atoms with Crippen molar-refractivity contribution >= 4 is 38.4 Å². The van der Waals surface area contributed by atoms with Crippen LogP contribution in [0.25, 0.3) is 11.0 Å². The van der Waals surface area contributed by atoms with Crippen molar-refractivity contribution in [2.75, 3.05) is 0 Å². The van der Waals surface area contributed by atoms with E-state index in [1.807, 2.05) is 34.6 Å². The lowest BCUT2D eigenvalue weighted by molar-refractivity contribution is 0.292. The smallest absolute Gasteiger partial charge is 0.347 e. The van der Waals surface area contributed by atoms with Crippen LogP contribution in [0.15, 0.2) is 67.0 Å². The minimum atomic E-state index is -4.07. The maximum absolute atomic E-state index is 13.1. The van der Waals surface area contributed by atoms with Crippen molar-refractivity contribution in [3.05, 3.63) is 75.1 Å². The molecule has 3 rings (SSSR count). The molecule has 0 aliphatic carbocycles. The van der Waals surface area contributed by atoms with Gasteiger partial charge in [0, 0.05) is 17.5 Å². The van der Waals surface area contributed by atoms with Crippen molar-refractivity contribution in [1.82, 2.24) is 4.90 Å². The van der Waals surface area contributed by atoms with Gasteiger partial charge in [-0.1, -0.05) is 41.4 Å².